The Balaban J connectivity index is 1.56. The highest BCUT2D eigenvalue weighted by Crippen LogP contribution is 2.35. The molecule has 0 fully saturated rings. The molecule has 0 unspecified atom stereocenters. The number of benzene rings is 2. The van der Waals surface area contributed by atoms with Crippen LogP contribution in [0.3, 0.4) is 0 Å². The molecule has 2 aromatic carbocycles. The number of aromatic nitrogens is 1. The molecule has 1 N–H and O–H groups in total. The van der Waals surface area contributed by atoms with Gasteiger partial charge in [-0.15, -0.1) is 0 Å². The van der Waals surface area contributed by atoms with Gasteiger partial charge in [0.2, 0.25) is 5.91 Å². The van der Waals surface area contributed by atoms with Crippen LogP contribution < -0.4 is 15.0 Å². The van der Waals surface area contributed by atoms with Crippen molar-refractivity contribution in [2.24, 2.45) is 0 Å². The minimum atomic E-state index is -0.398. The Morgan fingerprint density at radius 2 is 2.00 bits per heavy atom. The van der Waals surface area contributed by atoms with Gasteiger partial charge in [-0.3, -0.25) is 19.5 Å². The first-order valence-corrected chi connectivity index (χ1v) is 9.69. The van der Waals surface area contributed by atoms with Crippen molar-refractivity contribution in [2.45, 2.75) is 6.54 Å². The maximum atomic E-state index is 13.1. The fourth-order valence-corrected chi connectivity index (χ4v) is 3.27. The largest absolute Gasteiger partial charge is 0.449 e. The van der Waals surface area contributed by atoms with Crippen LogP contribution in [0.2, 0.25) is 5.02 Å². The second-order valence-electron chi connectivity index (χ2n) is 6.66. The predicted octanol–water partition coefficient (Wildman–Crippen LogP) is 3.82. The number of hydrogen-bond acceptors (Lipinski definition) is 4. The average Bonchev–Trinajstić information content (AvgIpc) is 2.76. The molecule has 6 nitrogen and oxygen atoms in total. The van der Waals surface area contributed by atoms with Crippen molar-refractivity contribution in [3.8, 4) is 5.75 Å². The van der Waals surface area contributed by atoms with Gasteiger partial charge in [-0.05, 0) is 47.5 Å². The zero-order valence-corrected chi connectivity index (χ0v) is 16.7. The summed E-state index contributed by atoms with van der Waals surface area (Å²) in [6.07, 6.45) is 4.97. The van der Waals surface area contributed by atoms with Gasteiger partial charge in [-0.1, -0.05) is 41.9 Å². The van der Waals surface area contributed by atoms with Gasteiger partial charge in [0, 0.05) is 24.0 Å². The molecule has 1 aliphatic heterocycles. The summed E-state index contributed by atoms with van der Waals surface area (Å²) in [6, 6.07) is 17.9. The summed E-state index contributed by atoms with van der Waals surface area (Å²) in [5.41, 5.74) is 2.15. The van der Waals surface area contributed by atoms with Gasteiger partial charge in [-0.2, -0.15) is 0 Å². The van der Waals surface area contributed by atoms with Crippen LogP contribution >= 0.6 is 11.6 Å². The normalized spacial score (nSPS) is 14.2. The number of ether oxygens (including phenoxy) is 1. The zero-order chi connectivity index (χ0) is 20.9. The fraction of sp³-hybridized carbons (Fsp3) is 0.0870. The number of carbonyl (C=O) groups is 2. The van der Waals surface area contributed by atoms with E-state index >= 15 is 0 Å². The second kappa shape index (κ2) is 8.80. The molecule has 2 heterocycles. The number of anilines is 1. The number of rotatable bonds is 5. The molecule has 2 amide bonds. The van der Waals surface area contributed by atoms with Crippen LogP contribution in [0, 0.1) is 0 Å². The molecule has 1 aliphatic rings. The van der Waals surface area contributed by atoms with Gasteiger partial charge in [0.25, 0.3) is 5.91 Å². The quantitative estimate of drug-likeness (QED) is 0.638. The molecule has 0 spiro atoms. The monoisotopic (exact) mass is 419 g/mol. The van der Waals surface area contributed by atoms with Gasteiger partial charge < -0.3 is 10.1 Å². The Labute approximate surface area is 178 Å². The number of pyridine rings is 1. The number of halogens is 1. The second-order valence-corrected chi connectivity index (χ2v) is 7.10. The number of amides is 2. The number of hydrogen-bond donors (Lipinski definition) is 1. The van der Waals surface area contributed by atoms with Crippen molar-refractivity contribution in [1.82, 2.24) is 10.3 Å². The van der Waals surface area contributed by atoms with E-state index in [-0.39, 0.29) is 18.2 Å². The Hall–Kier alpha value is -3.64. The third-order valence-electron chi connectivity index (χ3n) is 4.49. The molecule has 4 rings (SSSR count). The maximum Gasteiger partial charge on any atom is 0.294 e. The van der Waals surface area contributed by atoms with Crippen molar-refractivity contribution in [3.05, 3.63) is 95.0 Å². The van der Waals surface area contributed by atoms with E-state index in [9.17, 15) is 9.59 Å². The lowest BCUT2D eigenvalue weighted by atomic mass is 10.1. The number of carbonyl (C=O) groups excluding carboxylic acids is 2. The van der Waals surface area contributed by atoms with E-state index in [2.05, 4.69) is 10.3 Å². The van der Waals surface area contributed by atoms with Crippen LogP contribution in [-0.2, 0) is 16.1 Å². The number of nitrogens with zero attached hydrogens (tertiary/aromatic N) is 2. The van der Waals surface area contributed by atoms with Crippen molar-refractivity contribution in [2.75, 3.05) is 11.4 Å². The molecule has 30 heavy (non-hydrogen) atoms. The van der Waals surface area contributed by atoms with Gasteiger partial charge in [0.05, 0.1) is 5.69 Å². The van der Waals surface area contributed by atoms with E-state index in [1.165, 1.54) is 4.90 Å². The Morgan fingerprint density at radius 3 is 2.80 bits per heavy atom. The molecular weight excluding hydrogens is 402 g/mol. The first-order chi connectivity index (χ1) is 14.6. The maximum absolute atomic E-state index is 13.1. The van der Waals surface area contributed by atoms with E-state index in [4.69, 9.17) is 16.3 Å². The molecule has 0 aliphatic carbocycles. The van der Waals surface area contributed by atoms with Crippen LogP contribution in [0.15, 0.2) is 78.8 Å². The van der Waals surface area contributed by atoms with E-state index in [0.29, 0.717) is 23.0 Å². The molecule has 0 atom stereocenters. The average molecular weight is 420 g/mol. The van der Waals surface area contributed by atoms with Gasteiger partial charge in [-0.25, -0.2) is 0 Å². The molecule has 7 heteroatoms. The Morgan fingerprint density at radius 1 is 1.13 bits per heavy atom. The third kappa shape index (κ3) is 4.50. The van der Waals surface area contributed by atoms with E-state index in [1.54, 1.807) is 60.9 Å². The first kappa shape index (κ1) is 19.7. The van der Waals surface area contributed by atoms with Crippen LogP contribution in [0.5, 0.6) is 5.75 Å². The summed E-state index contributed by atoms with van der Waals surface area (Å²) < 4.78 is 5.82. The van der Waals surface area contributed by atoms with Gasteiger partial charge in [0.15, 0.2) is 11.5 Å². The van der Waals surface area contributed by atoms with Crippen LogP contribution in [-0.4, -0.2) is 23.3 Å². The fourth-order valence-electron chi connectivity index (χ4n) is 3.07. The lowest BCUT2D eigenvalue weighted by molar-refractivity contribution is -0.123. The molecule has 0 bridgehead atoms. The number of nitrogens with one attached hydrogen (secondary N) is 1. The van der Waals surface area contributed by atoms with Crippen molar-refractivity contribution in [1.29, 1.82) is 0 Å². The SMILES string of the molecule is O=C(CN1C(=O)/C(=C\c2cccc(Cl)c2)Oc2ccccc21)NCc1cccnc1. The standard InChI is InChI=1S/C23H18ClN3O3/c24-18-7-3-5-16(11-18)12-21-23(29)27(19-8-1-2-9-20(19)30-21)15-22(28)26-14-17-6-4-10-25-13-17/h1-13H,14-15H2,(H,26,28)/b21-12+. The number of para-hydroxylation sites is 2. The molecule has 0 saturated heterocycles. The molecular formula is C23H18ClN3O3. The summed E-state index contributed by atoms with van der Waals surface area (Å²) in [4.78, 5) is 31.1. The van der Waals surface area contributed by atoms with Crippen molar-refractivity contribution >= 4 is 35.2 Å². The van der Waals surface area contributed by atoms with Crippen LogP contribution in [0.25, 0.3) is 6.08 Å². The zero-order valence-electron chi connectivity index (χ0n) is 15.9. The van der Waals surface area contributed by atoms with Gasteiger partial charge >= 0.3 is 0 Å². The molecule has 0 radical (unpaired) electrons. The topological polar surface area (TPSA) is 71.5 Å². The minimum Gasteiger partial charge on any atom is -0.449 e. The highest BCUT2D eigenvalue weighted by atomic mass is 35.5. The molecule has 150 valence electrons. The summed E-state index contributed by atoms with van der Waals surface area (Å²) in [5.74, 6) is -0.0577. The lowest BCUT2D eigenvalue weighted by Crippen LogP contribution is -2.44. The van der Waals surface area contributed by atoms with Crippen LogP contribution in [0.1, 0.15) is 11.1 Å². The van der Waals surface area contributed by atoms with Crippen molar-refractivity contribution in [3.63, 3.8) is 0 Å². The molecule has 3 aromatic rings. The smallest absolute Gasteiger partial charge is 0.294 e. The minimum absolute atomic E-state index is 0.121. The van der Waals surface area contributed by atoms with E-state index in [0.717, 1.165) is 11.1 Å². The third-order valence-corrected chi connectivity index (χ3v) is 4.73. The number of fused-ring (bicyclic) bond motifs is 1. The Kier molecular flexibility index (Phi) is 5.77. The molecule has 1 aromatic heterocycles. The molecule has 0 saturated carbocycles. The summed E-state index contributed by atoms with van der Waals surface area (Å²) >= 11 is 6.04. The van der Waals surface area contributed by atoms with Gasteiger partial charge in [0.1, 0.15) is 6.54 Å². The summed E-state index contributed by atoms with van der Waals surface area (Å²) in [7, 11) is 0. The van der Waals surface area contributed by atoms with Crippen LogP contribution in [0.4, 0.5) is 5.69 Å². The first-order valence-electron chi connectivity index (χ1n) is 9.32. The predicted molar refractivity (Wildman–Crippen MR) is 115 cm³/mol. The summed E-state index contributed by atoms with van der Waals surface area (Å²) in [5, 5.41) is 3.37. The van der Waals surface area contributed by atoms with E-state index < -0.39 is 5.91 Å². The highest BCUT2D eigenvalue weighted by molar-refractivity contribution is 6.30. The summed E-state index contributed by atoms with van der Waals surface area (Å²) in [6.45, 7) is 0.199. The Bertz CT molecular complexity index is 1120. The van der Waals surface area contributed by atoms with E-state index in [1.807, 2.05) is 18.2 Å². The highest BCUT2D eigenvalue weighted by Gasteiger charge is 2.31. The lowest BCUT2D eigenvalue weighted by Gasteiger charge is -2.30. The van der Waals surface area contributed by atoms with Crippen molar-refractivity contribution < 1.29 is 14.3 Å².